The van der Waals surface area contributed by atoms with E-state index in [2.05, 4.69) is 20.4 Å². The van der Waals surface area contributed by atoms with Gasteiger partial charge in [0.05, 0.1) is 6.42 Å². The van der Waals surface area contributed by atoms with Gasteiger partial charge in [-0.25, -0.2) is 0 Å². The number of para-hydroxylation sites is 2. The summed E-state index contributed by atoms with van der Waals surface area (Å²) in [5.41, 5.74) is 2.84. The second kappa shape index (κ2) is 9.79. The highest BCUT2D eigenvalue weighted by molar-refractivity contribution is 6.04. The Labute approximate surface area is 196 Å². The number of nitrogens with one attached hydrogen (secondary N) is 1. The molecule has 7 heteroatoms. The molecule has 34 heavy (non-hydrogen) atoms. The van der Waals surface area contributed by atoms with Gasteiger partial charge < -0.3 is 14.6 Å². The number of benzene rings is 3. The van der Waals surface area contributed by atoms with Gasteiger partial charge in [-0.2, -0.15) is 4.98 Å². The van der Waals surface area contributed by atoms with Gasteiger partial charge in [0.1, 0.15) is 11.5 Å². The number of carbonyl (C=O) groups excluding carboxylic acids is 1. The molecule has 2 heterocycles. The first-order valence-corrected chi connectivity index (χ1v) is 10.7. The molecule has 5 rings (SSSR count). The molecule has 7 nitrogen and oxygen atoms in total. The van der Waals surface area contributed by atoms with Crippen molar-refractivity contribution in [1.29, 1.82) is 0 Å². The summed E-state index contributed by atoms with van der Waals surface area (Å²) in [6.45, 7) is 0. The van der Waals surface area contributed by atoms with Crippen LogP contribution in [0.15, 0.2) is 108 Å². The molecule has 1 N–H and O–H groups in total. The lowest BCUT2D eigenvalue weighted by molar-refractivity contribution is 0.102. The van der Waals surface area contributed by atoms with Crippen molar-refractivity contribution < 1.29 is 14.1 Å². The lowest BCUT2D eigenvalue weighted by Crippen LogP contribution is -2.13. The highest BCUT2D eigenvalue weighted by atomic mass is 16.5. The van der Waals surface area contributed by atoms with Crippen molar-refractivity contribution in [3.8, 4) is 22.9 Å². The predicted molar refractivity (Wildman–Crippen MR) is 128 cm³/mol. The van der Waals surface area contributed by atoms with E-state index < -0.39 is 0 Å². The molecule has 0 fully saturated rings. The molecular formula is C27H20N4O3. The van der Waals surface area contributed by atoms with Crippen LogP contribution in [-0.2, 0) is 6.42 Å². The molecule has 0 unspecified atom stereocenters. The highest BCUT2D eigenvalue weighted by Gasteiger charge is 2.14. The van der Waals surface area contributed by atoms with Gasteiger partial charge in [0, 0.05) is 29.2 Å². The number of aromatic nitrogens is 3. The molecule has 0 aliphatic rings. The number of pyridine rings is 1. The molecule has 166 valence electrons. The Hall–Kier alpha value is -4.78. The van der Waals surface area contributed by atoms with Gasteiger partial charge in [0.15, 0.2) is 0 Å². The smallest absolute Gasteiger partial charge is 0.255 e. The van der Waals surface area contributed by atoms with Crippen LogP contribution in [0.4, 0.5) is 5.69 Å². The van der Waals surface area contributed by atoms with Crippen LogP contribution >= 0.6 is 0 Å². The summed E-state index contributed by atoms with van der Waals surface area (Å²) in [5, 5.41) is 7.01. The van der Waals surface area contributed by atoms with E-state index in [0.29, 0.717) is 35.1 Å². The summed E-state index contributed by atoms with van der Waals surface area (Å²) in [6.07, 6.45) is 3.75. The first kappa shape index (κ1) is 21.1. The van der Waals surface area contributed by atoms with Gasteiger partial charge in [-0.1, -0.05) is 41.6 Å². The van der Waals surface area contributed by atoms with Crippen LogP contribution in [0, 0.1) is 0 Å². The Morgan fingerprint density at radius 2 is 1.62 bits per heavy atom. The van der Waals surface area contributed by atoms with Crippen LogP contribution in [0.1, 0.15) is 21.8 Å². The molecule has 1 amide bonds. The molecule has 5 aromatic rings. The molecule has 0 aliphatic heterocycles. The Balaban J connectivity index is 1.27. The van der Waals surface area contributed by atoms with Crippen LogP contribution in [0.5, 0.6) is 11.5 Å². The summed E-state index contributed by atoms with van der Waals surface area (Å²) < 4.78 is 11.2. The number of hydrogen-bond donors (Lipinski definition) is 1. The number of amides is 1. The van der Waals surface area contributed by atoms with Gasteiger partial charge in [-0.15, -0.1) is 0 Å². The summed E-state index contributed by atoms with van der Waals surface area (Å²) in [6, 6.07) is 27.7. The van der Waals surface area contributed by atoms with Crippen LogP contribution in [0.3, 0.4) is 0 Å². The standard InChI is InChI=1S/C27H20N4O3/c32-27(19-12-14-23(15-13-19)33-22-9-2-1-3-10-22)29-24-11-5-4-7-20(24)17-25-30-26(31-34-25)21-8-6-16-28-18-21/h1-16,18H,17H2,(H,29,32). The first-order chi connectivity index (χ1) is 16.7. The third-order valence-electron chi connectivity index (χ3n) is 5.09. The topological polar surface area (TPSA) is 90.1 Å². The monoisotopic (exact) mass is 448 g/mol. The predicted octanol–water partition coefficient (Wildman–Crippen LogP) is 5.77. The molecule has 0 radical (unpaired) electrons. The van der Waals surface area contributed by atoms with E-state index in [-0.39, 0.29) is 5.91 Å². The van der Waals surface area contributed by atoms with Crippen molar-refractivity contribution in [1.82, 2.24) is 15.1 Å². The van der Waals surface area contributed by atoms with Crippen molar-refractivity contribution in [3.05, 3.63) is 120 Å². The molecule has 0 aliphatic carbocycles. The SMILES string of the molecule is O=C(Nc1ccccc1Cc1nc(-c2cccnc2)no1)c1ccc(Oc2ccccc2)cc1. The average molecular weight is 448 g/mol. The van der Waals surface area contributed by atoms with Gasteiger partial charge in [0.25, 0.3) is 5.91 Å². The molecule has 3 aromatic carbocycles. The van der Waals surface area contributed by atoms with Crippen molar-refractivity contribution >= 4 is 11.6 Å². The normalized spacial score (nSPS) is 10.6. The van der Waals surface area contributed by atoms with E-state index in [0.717, 1.165) is 16.9 Å². The Kier molecular flexibility index (Phi) is 6.07. The zero-order valence-corrected chi connectivity index (χ0v) is 18.1. The summed E-state index contributed by atoms with van der Waals surface area (Å²) in [5.74, 6) is 2.09. The van der Waals surface area contributed by atoms with Crippen molar-refractivity contribution in [2.45, 2.75) is 6.42 Å². The molecular weight excluding hydrogens is 428 g/mol. The molecule has 0 spiro atoms. The average Bonchev–Trinajstić information content (AvgIpc) is 3.35. The molecule has 0 saturated carbocycles. The van der Waals surface area contributed by atoms with Crippen LogP contribution in [0.2, 0.25) is 0 Å². The number of carbonyl (C=O) groups is 1. The summed E-state index contributed by atoms with van der Waals surface area (Å²) in [4.78, 5) is 21.4. The van der Waals surface area contributed by atoms with E-state index in [1.54, 1.807) is 36.7 Å². The Morgan fingerprint density at radius 3 is 2.41 bits per heavy atom. The second-order valence-electron chi connectivity index (χ2n) is 7.48. The lowest BCUT2D eigenvalue weighted by Gasteiger charge is -2.10. The highest BCUT2D eigenvalue weighted by Crippen LogP contribution is 2.23. The van der Waals surface area contributed by atoms with Crippen molar-refractivity contribution in [2.75, 3.05) is 5.32 Å². The van der Waals surface area contributed by atoms with Crippen LogP contribution in [-0.4, -0.2) is 21.0 Å². The zero-order valence-electron chi connectivity index (χ0n) is 18.1. The maximum atomic E-state index is 12.9. The minimum Gasteiger partial charge on any atom is -0.457 e. The van der Waals surface area contributed by atoms with Gasteiger partial charge >= 0.3 is 0 Å². The fourth-order valence-electron chi connectivity index (χ4n) is 3.39. The fraction of sp³-hybridized carbons (Fsp3) is 0.0370. The van der Waals surface area contributed by atoms with Gasteiger partial charge in [-0.05, 0) is 60.2 Å². The Morgan fingerprint density at radius 1 is 0.853 bits per heavy atom. The number of nitrogens with zero attached hydrogens (tertiary/aromatic N) is 3. The number of ether oxygens (including phenoxy) is 1. The molecule has 2 aromatic heterocycles. The third kappa shape index (κ3) is 4.99. The number of anilines is 1. The fourth-order valence-corrected chi connectivity index (χ4v) is 3.39. The first-order valence-electron chi connectivity index (χ1n) is 10.7. The molecule has 0 saturated heterocycles. The summed E-state index contributed by atoms with van der Waals surface area (Å²) >= 11 is 0. The maximum Gasteiger partial charge on any atom is 0.255 e. The van der Waals surface area contributed by atoms with Crippen LogP contribution in [0.25, 0.3) is 11.4 Å². The minimum atomic E-state index is -0.222. The van der Waals surface area contributed by atoms with E-state index in [9.17, 15) is 4.79 Å². The number of hydrogen-bond acceptors (Lipinski definition) is 6. The van der Waals surface area contributed by atoms with E-state index in [1.807, 2.05) is 66.7 Å². The zero-order chi connectivity index (χ0) is 23.2. The second-order valence-corrected chi connectivity index (χ2v) is 7.48. The van der Waals surface area contributed by atoms with E-state index in [4.69, 9.17) is 9.26 Å². The largest absolute Gasteiger partial charge is 0.457 e. The quantitative estimate of drug-likeness (QED) is 0.340. The Bertz CT molecular complexity index is 1380. The van der Waals surface area contributed by atoms with E-state index in [1.165, 1.54) is 0 Å². The number of rotatable bonds is 7. The van der Waals surface area contributed by atoms with Crippen LogP contribution < -0.4 is 10.1 Å². The summed E-state index contributed by atoms with van der Waals surface area (Å²) in [7, 11) is 0. The minimum absolute atomic E-state index is 0.222. The maximum absolute atomic E-state index is 12.9. The lowest BCUT2D eigenvalue weighted by atomic mass is 10.1. The molecule has 0 atom stereocenters. The van der Waals surface area contributed by atoms with Crippen molar-refractivity contribution in [2.24, 2.45) is 0 Å². The van der Waals surface area contributed by atoms with Crippen molar-refractivity contribution in [3.63, 3.8) is 0 Å². The van der Waals surface area contributed by atoms with Gasteiger partial charge in [-0.3, -0.25) is 9.78 Å². The van der Waals surface area contributed by atoms with Gasteiger partial charge in [0.2, 0.25) is 11.7 Å². The van der Waals surface area contributed by atoms with E-state index >= 15 is 0 Å². The molecule has 0 bridgehead atoms. The third-order valence-corrected chi connectivity index (χ3v) is 5.09.